The first kappa shape index (κ1) is 14.5. The number of ether oxygens (including phenoxy) is 1. The molecular formula is C14H16N2O3S. The number of aliphatic carboxylic acids is 1. The van der Waals surface area contributed by atoms with Gasteiger partial charge in [-0.05, 0) is 24.3 Å². The third-order valence-corrected chi connectivity index (χ3v) is 3.58. The number of benzene rings is 1. The summed E-state index contributed by atoms with van der Waals surface area (Å²) >= 11 is 1.56. The molecule has 0 saturated carbocycles. The molecule has 2 rings (SSSR count). The van der Waals surface area contributed by atoms with Gasteiger partial charge in [0.1, 0.15) is 10.8 Å². The Bertz CT molecular complexity index is 566. The molecule has 0 unspecified atom stereocenters. The van der Waals surface area contributed by atoms with Gasteiger partial charge in [-0.2, -0.15) is 0 Å². The molecule has 0 aliphatic rings. The van der Waals surface area contributed by atoms with Crippen molar-refractivity contribution in [1.29, 1.82) is 0 Å². The minimum atomic E-state index is -0.796. The van der Waals surface area contributed by atoms with Gasteiger partial charge in [0.15, 0.2) is 0 Å². The van der Waals surface area contributed by atoms with E-state index in [2.05, 4.69) is 10.3 Å². The van der Waals surface area contributed by atoms with Crippen LogP contribution in [0.2, 0.25) is 0 Å². The molecule has 2 aromatic rings. The van der Waals surface area contributed by atoms with Gasteiger partial charge >= 0.3 is 5.97 Å². The number of rotatable bonds is 7. The molecule has 0 spiro atoms. The van der Waals surface area contributed by atoms with Crippen LogP contribution >= 0.6 is 11.3 Å². The van der Waals surface area contributed by atoms with Crippen LogP contribution in [-0.2, 0) is 11.3 Å². The maximum Gasteiger partial charge on any atom is 0.304 e. The quantitative estimate of drug-likeness (QED) is 0.767. The minimum Gasteiger partial charge on any atom is -0.497 e. The van der Waals surface area contributed by atoms with Crippen LogP contribution in [0.15, 0.2) is 29.6 Å². The van der Waals surface area contributed by atoms with Gasteiger partial charge in [-0.25, -0.2) is 4.98 Å². The zero-order chi connectivity index (χ0) is 14.4. The molecule has 0 fully saturated rings. The average molecular weight is 292 g/mol. The van der Waals surface area contributed by atoms with Crippen molar-refractivity contribution in [2.45, 2.75) is 13.0 Å². The Morgan fingerprint density at radius 3 is 2.80 bits per heavy atom. The standard InChI is InChI=1S/C14H16N2O3S/c1-19-11-4-2-10(3-5-11)12-9-20-13(16-12)8-15-7-6-14(17)18/h2-5,9,15H,6-8H2,1H3,(H,17,18). The lowest BCUT2D eigenvalue weighted by molar-refractivity contribution is -0.136. The Kier molecular flexibility index (Phi) is 5.09. The first-order valence-corrected chi connectivity index (χ1v) is 7.08. The van der Waals surface area contributed by atoms with E-state index in [-0.39, 0.29) is 6.42 Å². The number of thiazole rings is 1. The fraction of sp³-hybridized carbons (Fsp3) is 0.286. The van der Waals surface area contributed by atoms with E-state index in [0.717, 1.165) is 22.0 Å². The number of aromatic nitrogens is 1. The SMILES string of the molecule is COc1ccc(-c2csc(CNCCC(=O)O)n2)cc1. The zero-order valence-electron chi connectivity index (χ0n) is 11.1. The summed E-state index contributed by atoms with van der Waals surface area (Å²) in [6, 6.07) is 7.74. The van der Waals surface area contributed by atoms with Crippen LogP contribution in [0.1, 0.15) is 11.4 Å². The lowest BCUT2D eigenvalue weighted by Gasteiger charge is -2.01. The van der Waals surface area contributed by atoms with E-state index in [4.69, 9.17) is 9.84 Å². The van der Waals surface area contributed by atoms with Crippen LogP contribution < -0.4 is 10.1 Å². The molecule has 1 heterocycles. The maximum atomic E-state index is 10.4. The van der Waals surface area contributed by atoms with E-state index in [1.54, 1.807) is 18.4 Å². The molecule has 1 aromatic carbocycles. The maximum absolute atomic E-state index is 10.4. The van der Waals surface area contributed by atoms with Crippen molar-refractivity contribution in [2.75, 3.05) is 13.7 Å². The van der Waals surface area contributed by atoms with Crippen molar-refractivity contribution in [3.8, 4) is 17.0 Å². The Labute approximate surface area is 121 Å². The second-order valence-electron chi connectivity index (χ2n) is 4.18. The van der Waals surface area contributed by atoms with Gasteiger partial charge in [0, 0.05) is 24.0 Å². The molecule has 20 heavy (non-hydrogen) atoms. The highest BCUT2D eigenvalue weighted by atomic mass is 32.1. The summed E-state index contributed by atoms with van der Waals surface area (Å²) < 4.78 is 5.12. The van der Waals surface area contributed by atoms with Gasteiger partial charge in [0.05, 0.1) is 19.2 Å². The van der Waals surface area contributed by atoms with Gasteiger partial charge in [-0.15, -0.1) is 11.3 Å². The average Bonchev–Trinajstić information content (AvgIpc) is 2.92. The second kappa shape index (κ2) is 7.02. The van der Waals surface area contributed by atoms with Gasteiger partial charge < -0.3 is 15.2 Å². The number of nitrogens with one attached hydrogen (secondary N) is 1. The summed E-state index contributed by atoms with van der Waals surface area (Å²) in [4.78, 5) is 14.9. The molecule has 106 valence electrons. The van der Waals surface area contributed by atoms with Crippen LogP contribution in [0.4, 0.5) is 0 Å². The van der Waals surface area contributed by atoms with Gasteiger partial charge in [-0.3, -0.25) is 4.79 Å². The number of hydrogen-bond acceptors (Lipinski definition) is 5. The molecule has 0 radical (unpaired) electrons. The summed E-state index contributed by atoms with van der Waals surface area (Å²) in [7, 11) is 1.64. The van der Waals surface area contributed by atoms with E-state index in [1.807, 2.05) is 29.6 Å². The molecule has 5 nitrogen and oxygen atoms in total. The Balaban J connectivity index is 1.92. The number of carboxylic acid groups (broad SMARTS) is 1. The molecule has 2 N–H and O–H groups in total. The van der Waals surface area contributed by atoms with Gasteiger partial charge in [0.25, 0.3) is 0 Å². The highest BCUT2D eigenvalue weighted by molar-refractivity contribution is 7.09. The van der Waals surface area contributed by atoms with Crippen molar-refractivity contribution >= 4 is 17.3 Å². The molecule has 1 aromatic heterocycles. The largest absolute Gasteiger partial charge is 0.497 e. The summed E-state index contributed by atoms with van der Waals surface area (Å²) in [5.74, 6) is 0.0232. The normalized spacial score (nSPS) is 10.4. The number of carboxylic acids is 1. The van der Waals surface area contributed by atoms with Gasteiger partial charge in [0.2, 0.25) is 0 Å². The molecule has 0 bridgehead atoms. The molecule has 0 aliphatic carbocycles. The van der Waals surface area contributed by atoms with E-state index in [9.17, 15) is 4.79 Å². The van der Waals surface area contributed by atoms with Crippen molar-refractivity contribution in [3.63, 3.8) is 0 Å². The van der Waals surface area contributed by atoms with Crippen LogP contribution in [0, 0.1) is 0 Å². The van der Waals surface area contributed by atoms with E-state index < -0.39 is 5.97 Å². The lowest BCUT2D eigenvalue weighted by Crippen LogP contribution is -2.17. The molecule has 0 atom stereocenters. The summed E-state index contributed by atoms with van der Waals surface area (Å²) in [6.45, 7) is 1.04. The van der Waals surface area contributed by atoms with E-state index in [1.165, 1.54) is 0 Å². The zero-order valence-corrected chi connectivity index (χ0v) is 11.9. The Hall–Kier alpha value is -1.92. The fourth-order valence-electron chi connectivity index (χ4n) is 1.68. The first-order chi connectivity index (χ1) is 9.69. The van der Waals surface area contributed by atoms with Crippen molar-refractivity contribution in [2.24, 2.45) is 0 Å². The van der Waals surface area contributed by atoms with Crippen LogP contribution in [0.25, 0.3) is 11.3 Å². The predicted octanol–water partition coefficient (Wildman–Crippen LogP) is 2.38. The highest BCUT2D eigenvalue weighted by Gasteiger charge is 2.05. The number of carbonyl (C=O) groups is 1. The molecular weight excluding hydrogens is 276 g/mol. The lowest BCUT2D eigenvalue weighted by atomic mass is 10.2. The predicted molar refractivity (Wildman–Crippen MR) is 78.1 cm³/mol. The number of hydrogen-bond donors (Lipinski definition) is 2. The molecule has 0 amide bonds. The van der Waals surface area contributed by atoms with Crippen molar-refractivity contribution in [3.05, 3.63) is 34.7 Å². The molecule has 0 saturated heterocycles. The van der Waals surface area contributed by atoms with Crippen LogP contribution in [0.3, 0.4) is 0 Å². The summed E-state index contributed by atoms with van der Waals surface area (Å²) in [6.07, 6.45) is 0.122. The smallest absolute Gasteiger partial charge is 0.304 e. The molecule has 0 aliphatic heterocycles. The topological polar surface area (TPSA) is 71.5 Å². The second-order valence-corrected chi connectivity index (χ2v) is 5.12. The fourth-order valence-corrected chi connectivity index (χ4v) is 2.45. The Morgan fingerprint density at radius 2 is 2.15 bits per heavy atom. The van der Waals surface area contributed by atoms with Gasteiger partial charge in [-0.1, -0.05) is 0 Å². The monoisotopic (exact) mass is 292 g/mol. The first-order valence-electron chi connectivity index (χ1n) is 6.20. The highest BCUT2D eigenvalue weighted by Crippen LogP contribution is 2.24. The van der Waals surface area contributed by atoms with Crippen molar-refractivity contribution in [1.82, 2.24) is 10.3 Å². The summed E-state index contributed by atoms with van der Waals surface area (Å²) in [5.41, 5.74) is 1.96. The third kappa shape index (κ3) is 4.04. The van der Waals surface area contributed by atoms with E-state index in [0.29, 0.717) is 13.1 Å². The number of methoxy groups -OCH3 is 1. The Morgan fingerprint density at radius 1 is 1.40 bits per heavy atom. The number of nitrogens with zero attached hydrogens (tertiary/aromatic N) is 1. The van der Waals surface area contributed by atoms with Crippen LogP contribution in [-0.4, -0.2) is 29.7 Å². The van der Waals surface area contributed by atoms with Crippen molar-refractivity contribution < 1.29 is 14.6 Å². The summed E-state index contributed by atoms with van der Waals surface area (Å²) in [5, 5.41) is 14.5. The third-order valence-electron chi connectivity index (χ3n) is 2.73. The molecule has 6 heteroatoms. The van der Waals surface area contributed by atoms with Crippen LogP contribution in [0.5, 0.6) is 5.75 Å². The van der Waals surface area contributed by atoms with E-state index >= 15 is 0 Å². The minimum absolute atomic E-state index is 0.122.